The third kappa shape index (κ3) is 2.59. The molecule has 0 bridgehead atoms. The lowest BCUT2D eigenvalue weighted by Crippen LogP contribution is -1.98. The number of methoxy groups -OCH3 is 1. The smallest absolute Gasteiger partial charge is 0.366 e. The maximum Gasteiger partial charge on any atom is 0.366 e. The zero-order valence-corrected chi connectivity index (χ0v) is 8.39. The standard InChI is InChI=1S/C7H13O4P/c1-5-7(6-9-2)12(8,10-3)11-4/h1,6H2,2-4H3. The normalized spacial score (nSPS) is 10.9. The Morgan fingerprint density at radius 3 is 2.17 bits per heavy atom. The highest BCUT2D eigenvalue weighted by Crippen LogP contribution is 2.53. The summed E-state index contributed by atoms with van der Waals surface area (Å²) in [5, 5.41) is 0.301. The first-order valence-corrected chi connectivity index (χ1v) is 4.78. The summed E-state index contributed by atoms with van der Waals surface area (Å²) in [5.41, 5.74) is 2.47. The highest BCUT2D eigenvalue weighted by Gasteiger charge is 2.26. The molecular weight excluding hydrogens is 179 g/mol. The summed E-state index contributed by atoms with van der Waals surface area (Å²) in [4.78, 5) is 0. The molecule has 0 unspecified atom stereocenters. The Labute approximate surface area is 72.4 Å². The lowest BCUT2D eigenvalue weighted by Gasteiger charge is -2.14. The lowest BCUT2D eigenvalue weighted by atomic mass is 10.6. The molecule has 0 aromatic carbocycles. The molecule has 0 aliphatic heterocycles. The van der Waals surface area contributed by atoms with Gasteiger partial charge in [0.2, 0.25) is 0 Å². The number of rotatable bonds is 5. The van der Waals surface area contributed by atoms with Crippen LogP contribution in [0.5, 0.6) is 0 Å². The van der Waals surface area contributed by atoms with E-state index in [-0.39, 0.29) is 6.61 Å². The molecule has 0 aromatic rings. The molecule has 0 spiro atoms. The van der Waals surface area contributed by atoms with Crippen LogP contribution in [-0.4, -0.2) is 27.9 Å². The molecule has 0 N–H and O–H groups in total. The fourth-order valence-corrected chi connectivity index (χ4v) is 1.73. The van der Waals surface area contributed by atoms with E-state index in [2.05, 4.69) is 12.3 Å². The second-order valence-electron chi connectivity index (χ2n) is 1.92. The fourth-order valence-electron chi connectivity index (χ4n) is 0.659. The second-order valence-corrected chi connectivity index (χ2v) is 4.18. The molecule has 70 valence electrons. The number of hydrogen-bond acceptors (Lipinski definition) is 4. The highest BCUT2D eigenvalue weighted by molar-refractivity contribution is 7.58. The zero-order chi connectivity index (χ0) is 9.61. The molecule has 0 aliphatic rings. The van der Waals surface area contributed by atoms with E-state index in [0.29, 0.717) is 5.31 Å². The van der Waals surface area contributed by atoms with Crippen molar-refractivity contribution in [2.75, 3.05) is 27.9 Å². The van der Waals surface area contributed by atoms with E-state index in [1.807, 2.05) is 0 Å². The van der Waals surface area contributed by atoms with Crippen LogP contribution in [0.1, 0.15) is 0 Å². The van der Waals surface area contributed by atoms with Gasteiger partial charge in [-0.2, -0.15) is 0 Å². The van der Waals surface area contributed by atoms with Crippen LogP contribution in [0.2, 0.25) is 0 Å². The Morgan fingerprint density at radius 2 is 1.92 bits per heavy atom. The Balaban J connectivity index is 4.70. The Hall–Kier alpha value is -0.370. The lowest BCUT2D eigenvalue weighted by molar-refractivity contribution is 0.219. The van der Waals surface area contributed by atoms with Crippen LogP contribution in [0.15, 0.2) is 17.6 Å². The molecule has 0 saturated carbocycles. The van der Waals surface area contributed by atoms with Gasteiger partial charge in [-0.1, -0.05) is 6.58 Å². The topological polar surface area (TPSA) is 44.8 Å². The van der Waals surface area contributed by atoms with Gasteiger partial charge in [0, 0.05) is 21.3 Å². The fraction of sp³-hybridized carbons (Fsp3) is 0.571. The van der Waals surface area contributed by atoms with Crippen molar-refractivity contribution in [3.05, 3.63) is 17.6 Å². The van der Waals surface area contributed by atoms with Crippen LogP contribution in [0.3, 0.4) is 0 Å². The molecule has 0 rings (SSSR count). The summed E-state index contributed by atoms with van der Waals surface area (Å²) in [6, 6.07) is 0. The van der Waals surface area contributed by atoms with Gasteiger partial charge in [-0.3, -0.25) is 4.57 Å². The highest BCUT2D eigenvalue weighted by atomic mass is 31.2. The third-order valence-corrected chi connectivity index (χ3v) is 3.21. The molecule has 0 atom stereocenters. The van der Waals surface area contributed by atoms with Crippen LogP contribution in [0, 0.1) is 0 Å². The largest absolute Gasteiger partial charge is 0.379 e. The van der Waals surface area contributed by atoms with Gasteiger partial charge in [-0.15, -0.1) is 5.73 Å². The molecule has 0 aliphatic carbocycles. The predicted molar refractivity (Wildman–Crippen MR) is 46.2 cm³/mol. The van der Waals surface area contributed by atoms with Gasteiger partial charge in [-0.05, 0) is 0 Å². The predicted octanol–water partition coefficient (Wildman–Crippen LogP) is 1.79. The molecular formula is C7H13O4P. The summed E-state index contributed by atoms with van der Waals surface area (Å²) in [5.74, 6) is 0. The summed E-state index contributed by atoms with van der Waals surface area (Å²) < 4.78 is 25.8. The molecule has 0 radical (unpaired) electrons. The second kappa shape index (κ2) is 5.31. The molecule has 12 heavy (non-hydrogen) atoms. The van der Waals surface area contributed by atoms with E-state index in [1.165, 1.54) is 21.3 Å². The van der Waals surface area contributed by atoms with E-state index in [4.69, 9.17) is 13.8 Å². The quantitative estimate of drug-likeness (QED) is 0.492. The van der Waals surface area contributed by atoms with Crippen molar-refractivity contribution in [2.24, 2.45) is 0 Å². The summed E-state index contributed by atoms with van der Waals surface area (Å²) in [6.45, 7) is 3.51. The molecule has 0 fully saturated rings. The Morgan fingerprint density at radius 1 is 1.42 bits per heavy atom. The van der Waals surface area contributed by atoms with Gasteiger partial charge in [-0.25, -0.2) is 0 Å². The molecule has 0 aromatic heterocycles. The minimum Gasteiger partial charge on any atom is -0.379 e. The first-order valence-electron chi connectivity index (χ1n) is 3.24. The van der Waals surface area contributed by atoms with Crippen molar-refractivity contribution in [1.29, 1.82) is 0 Å². The van der Waals surface area contributed by atoms with E-state index >= 15 is 0 Å². The van der Waals surface area contributed by atoms with E-state index in [1.54, 1.807) is 0 Å². The van der Waals surface area contributed by atoms with E-state index < -0.39 is 7.60 Å². The monoisotopic (exact) mass is 192 g/mol. The summed E-state index contributed by atoms with van der Waals surface area (Å²) in [7, 11) is 0.895. The van der Waals surface area contributed by atoms with Crippen LogP contribution < -0.4 is 0 Å². The molecule has 0 heterocycles. The first-order chi connectivity index (χ1) is 5.64. The Bertz CT molecular complexity index is 222. The van der Waals surface area contributed by atoms with Gasteiger partial charge in [0.15, 0.2) is 0 Å². The van der Waals surface area contributed by atoms with Crippen LogP contribution in [-0.2, 0) is 18.3 Å². The zero-order valence-electron chi connectivity index (χ0n) is 7.49. The molecule has 5 heteroatoms. The number of hydrogen-bond donors (Lipinski definition) is 0. The van der Waals surface area contributed by atoms with E-state index in [0.717, 1.165) is 0 Å². The minimum atomic E-state index is -3.19. The van der Waals surface area contributed by atoms with Crippen molar-refractivity contribution < 1.29 is 18.3 Å². The summed E-state index contributed by atoms with van der Waals surface area (Å²) >= 11 is 0. The maximum absolute atomic E-state index is 11.6. The minimum absolute atomic E-state index is 0.141. The van der Waals surface area contributed by atoms with Crippen molar-refractivity contribution in [2.45, 2.75) is 0 Å². The average molecular weight is 192 g/mol. The van der Waals surface area contributed by atoms with E-state index in [9.17, 15) is 4.57 Å². The van der Waals surface area contributed by atoms with Crippen LogP contribution in [0.25, 0.3) is 0 Å². The van der Waals surface area contributed by atoms with Gasteiger partial charge >= 0.3 is 7.60 Å². The third-order valence-electron chi connectivity index (χ3n) is 1.30. The molecule has 0 saturated heterocycles. The SMILES string of the molecule is C=C=C(COC)P(=O)(OC)OC. The average Bonchev–Trinajstić information content (AvgIpc) is 2.13. The first kappa shape index (κ1) is 11.6. The van der Waals surface area contributed by atoms with Crippen LogP contribution >= 0.6 is 7.60 Å². The van der Waals surface area contributed by atoms with Crippen molar-refractivity contribution in [3.8, 4) is 0 Å². The van der Waals surface area contributed by atoms with Gasteiger partial charge < -0.3 is 13.8 Å². The molecule has 4 nitrogen and oxygen atoms in total. The maximum atomic E-state index is 11.6. The van der Waals surface area contributed by atoms with Crippen molar-refractivity contribution in [3.63, 3.8) is 0 Å². The molecule has 0 amide bonds. The van der Waals surface area contributed by atoms with Crippen molar-refractivity contribution >= 4 is 7.60 Å². The number of ether oxygens (including phenoxy) is 1. The van der Waals surface area contributed by atoms with Gasteiger partial charge in [0.25, 0.3) is 0 Å². The van der Waals surface area contributed by atoms with Crippen LogP contribution in [0.4, 0.5) is 0 Å². The van der Waals surface area contributed by atoms with Gasteiger partial charge in [0.05, 0.1) is 6.61 Å². The van der Waals surface area contributed by atoms with Gasteiger partial charge in [0.1, 0.15) is 5.31 Å². The Kier molecular flexibility index (Phi) is 5.14. The summed E-state index contributed by atoms with van der Waals surface area (Å²) in [6.07, 6.45) is 0. The van der Waals surface area contributed by atoms with Crippen molar-refractivity contribution in [1.82, 2.24) is 0 Å².